The third-order valence-corrected chi connectivity index (χ3v) is 7.80. The maximum atomic E-state index is 11.6. The van der Waals surface area contributed by atoms with Gasteiger partial charge in [-0.05, 0) is 74.9 Å². The van der Waals surface area contributed by atoms with Gasteiger partial charge in [0.1, 0.15) is 5.60 Å². The van der Waals surface area contributed by atoms with Crippen LogP contribution in [0.15, 0.2) is 137 Å². The Morgan fingerprint density at radius 1 is 0.738 bits per heavy atom. The van der Waals surface area contributed by atoms with Crippen molar-refractivity contribution in [3.05, 3.63) is 133 Å². The maximum absolute atomic E-state index is 11.6. The lowest BCUT2D eigenvalue weighted by molar-refractivity contribution is -0.0518. The zero-order chi connectivity index (χ0) is 31.4. The number of esters is 1. The molecule has 4 aromatic rings. The summed E-state index contributed by atoms with van der Waals surface area (Å²) >= 11 is 0. The van der Waals surface area contributed by atoms with Crippen LogP contribution in [0.2, 0.25) is 0 Å². The standard InChI is InChI=1S/C18H15S.C13H16O2.CHF3O3S/c1-4-10-16(11-5-1)19(17-12-6-2-7-13-17)18-14-8-3-9-15-18;1-5-10-6-8-11(9-7-10)12(14)15-13(2,3)4;2-1(3,4)8(5,6)7/h1-15H;5-9H,1H2,2-4H3;(H,5,6,7)/q+1;;/p-1. The van der Waals surface area contributed by atoms with Gasteiger partial charge in [0.15, 0.2) is 24.8 Å². The number of hydrogen-bond acceptors (Lipinski definition) is 5. The zero-order valence-electron chi connectivity index (χ0n) is 23.2. The Hall–Kier alpha value is -3.86. The van der Waals surface area contributed by atoms with Crippen LogP contribution in [-0.4, -0.2) is 30.0 Å². The number of carbonyl (C=O) groups excluding carboxylic acids is 1. The molecule has 4 aromatic carbocycles. The number of carbonyl (C=O) groups is 1. The summed E-state index contributed by atoms with van der Waals surface area (Å²) in [6.07, 6.45) is 1.73. The van der Waals surface area contributed by atoms with Crippen LogP contribution in [0.25, 0.3) is 6.08 Å². The van der Waals surface area contributed by atoms with Crippen LogP contribution in [-0.2, 0) is 25.7 Å². The molecule has 0 fully saturated rings. The Morgan fingerprint density at radius 3 is 1.33 bits per heavy atom. The third kappa shape index (κ3) is 11.6. The molecule has 0 radical (unpaired) electrons. The largest absolute Gasteiger partial charge is 0.741 e. The summed E-state index contributed by atoms with van der Waals surface area (Å²) in [5.41, 5.74) is -4.54. The van der Waals surface area contributed by atoms with Crippen molar-refractivity contribution >= 4 is 33.1 Å². The number of benzene rings is 4. The Labute approximate surface area is 247 Å². The van der Waals surface area contributed by atoms with E-state index in [0.717, 1.165) is 5.56 Å². The van der Waals surface area contributed by atoms with E-state index >= 15 is 0 Å². The van der Waals surface area contributed by atoms with Gasteiger partial charge in [0, 0.05) is 0 Å². The first-order chi connectivity index (χ1) is 19.6. The molecule has 0 heterocycles. The minimum atomic E-state index is -6.09. The lowest BCUT2D eigenvalue weighted by Crippen LogP contribution is -2.23. The molecule has 5 nitrogen and oxygen atoms in total. The van der Waals surface area contributed by atoms with Gasteiger partial charge in [-0.25, -0.2) is 13.2 Å². The highest BCUT2D eigenvalue weighted by Gasteiger charge is 2.37. The molecule has 0 spiro atoms. The molecule has 0 N–H and O–H groups in total. The second-order valence-electron chi connectivity index (χ2n) is 9.47. The quantitative estimate of drug-likeness (QED) is 0.0979. The second kappa shape index (κ2) is 15.4. The molecule has 0 aliphatic heterocycles. The minimum absolute atomic E-state index is 0.0146. The fraction of sp³-hybridized carbons (Fsp3) is 0.156. The number of ether oxygens (including phenoxy) is 1. The lowest BCUT2D eigenvalue weighted by atomic mass is 10.1. The van der Waals surface area contributed by atoms with Gasteiger partial charge in [0.2, 0.25) is 0 Å². The highest BCUT2D eigenvalue weighted by molar-refractivity contribution is 7.97. The molecule has 0 aromatic heterocycles. The number of halogens is 3. The van der Waals surface area contributed by atoms with E-state index in [2.05, 4.69) is 97.6 Å². The molecule has 0 atom stereocenters. The second-order valence-corrected chi connectivity index (χ2v) is 12.9. The van der Waals surface area contributed by atoms with E-state index in [1.54, 1.807) is 18.2 Å². The minimum Gasteiger partial charge on any atom is -0.741 e. The fourth-order valence-corrected chi connectivity index (χ4v) is 5.27. The zero-order valence-corrected chi connectivity index (χ0v) is 24.9. The van der Waals surface area contributed by atoms with E-state index in [1.807, 2.05) is 32.9 Å². The Morgan fingerprint density at radius 2 is 1.07 bits per heavy atom. The third-order valence-electron chi connectivity index (χ3n) is 5.00. The van der Waals surface area contributed by atoms with Crippen LogP contribution < -0.4 is 0 Å². The summed E-state index contributed by atoms with van der Waals surface area (Å²) in [7, 11) is -6.10. The highest BCUT2D eigenvalue weighted by Crippen LogP contribution is 2.30. The normalized spacial score (nSPS) is 11.3. The van der Waals surface area contributed by atoms with Crippen molar-refractivity contribution in [3.63, 3.8) is 0 Å². The van der Waals surface area contributed by atoms with Crippen molar-refractivity contribution in [1.82, 2.24) is 0 Å². The van der Waals surface area contributed by atoms with Gasteiger partial charge >= 0.3 is 11.5 Å². The van der Waals surface area contributed by atoms with Gasteiger partial charge < -0.3 is 9.29 Å². The number of alkyl halides is 3. The van der Waals surface area contributed by atoms with Crippen LogP contribution in [0, 0.1) is 0 Å². The van der Waals surface area contributed by atoms with E-state index in [0.29, 0.717) is 5.56 Å². The molecule has 0 bridgehead atoms. The average molecular weight is 617 g/mol. The number of rotatable bonds is 5. The summed E-state index contributed by atoms with van der Waals surface area (Å²) in [6, 6.07) is 39.3. The highest BCUT2D eigenvalue weighted by atomic mass is 32.2. The van der Waals surface area contributed by atoms with Crippen molar-refractivity contribution in [2.45, 2.75) is 46.6 Å². The van der Waals surface area contributed by atoms with Gasteiger partial charge in [0.05, 0.1) is 16.5 Å². The summed E-state index contributed by atoms with van der Waals surface area (Å²) in [4.78, 5) is 15.7. The molecule has 0 saturated carbocycles. The van der Waals surface area contributed by atoms with Crippen molar-refractivity contribution in [2.24, 2.45) is 0 Å². The summed E-state index contributed by atoms with van der Waals surface area (Å²) in [6.45, 7) is 9.20. The molecule has 42 heavy (non-hydrogen) atoms. The number of hydrogen-bond donors (Lipinski definition) is 0. The molecule has 4 rings (SSSR count). The molecule has 0 unspecified atom stereocenters. The van der Waals surface area contributed by atoms with E-state index in [1.165, 1.54) is 14.7 Å². The first-order valence-corrected chi connectivity index (χ1v) is 15.1. The first kappa shape index (κ1) is 34.3. The van der Waals surface area contributed by atoms with Crippen LogP contribution in [0.4, 0.5) is 13.2 Å². The van der Waals surface area contributed by atoms with Gasteiger partial charge in [0.25, 0.3) is 0 Å². The summed E-state index contributed by atoms with van der Waals surface area (Å²) in [5.74, 6) is -0.293. The molecule has 0 aliphatic rings. The van der Waals surface area contributed by atoms with Crippen LogP contribution in [0.1, 0.15) is 36.7 Å². The van der Waals surface area contributed by atoms with Crippen molar-refractivity contribution in [2.75, 3.05) is 0 Å². The maximum Gasteiger partial charge on any atom is 0.485 e. The van der Waals surface area contributed by atoms with E-state index in [-0.39, 0.29) is 16.9 Å². The van der Waals surface area contributed by atoms with Crippen LogP contribution in [0.3, 0.4) is 0 Å². The Bertz CT molecular complexity index is 1410. The molecule has 0 amide bonds. The SMILES string of the molecule is C=Cc1ccc(C(=O)OC(C)(C)C)cc1.O=S(=O)([O-])C(F)(F)F.c1ccc([S+](c2ccccc2)c2ccccc2)cc1. The molecule has 10 heteroatoms. The Balaban J connectivity index is 0.000000240. The van der Waals surface area contributed by atoms with Gasteiger partial charge in [-0.3, -0.25) is 0 Å². The lowest BCUT2D eigenvalue weighted by Gasteiger charge is -2.19. The van der Waals surface area contributed by atoms with Crippen molar-refractivity contribution in [3.8, 4) is 0 Å². The first-order valence-electron chi connectivity index (χ1n) is 12.5. The van der Waals surface area contributed by atoms with Gasteiger partial charge in [-0.15, -0.1) is 0 Å². The topological polar surface area (TPSA) is 83.5 Å². The van der Waals surface area contributed by atoms with Crippen molar-refractivity contribution in [1.29, 1.82) is 0 Å². The molecule has 0 aliphatic carbocycles. The molecular weight excluding hydrogens is 585 g/mol. The van der Waals surface area contributed by atoms with Gasteiger partial charge in [-0.2, -0.15) is 13.2 Å². The van der Waals surface area contributed by atoms with Crippen LogP contribution in [0.5, 0.6) is 0 Å². The van der Waals surface area contributed by atoms with E-state index in [9.17, 15) is 18.0 Å². The monoisotopic (exact) mass is 616 g/mol. The summed E-state index contributed by atoms with van der Waals surface area (Å²) < 4.78 is 64.1. The summed E-state index contributed by atoms with van der Waals surface area (Å²) in [5, 5.41) is 0. The predicted molar refractivity (Wildman–Crippen MR) is 159 cm³/mol. The molecule has 222 valence electrons. The van der Waals surface area contributed by atoms with E-state index < -0.39 is 21.2 Å². The molecule has 0 saturated heterocycles. The predicted octanol–water partition coefficient (Wildman–Crippen LogP) is 8.12. The molecular formula is C32H31F3O5S2. The van der Waals surface area contributed by atoms with Gasteiger partial charge in [-0.1, -0.05) is 79.4 Å². The fourth-order valence-electron chi connectivity index (χ4n) is 3.17. The van der Waals surface area contributed by atoms with Crippen molar-refractivity contribution < 1.29 is 35.7 Å². The van der Waals surface area contributed by atoms with E-state index in [4.69, 9.17) is 17.7 Å². The smallest absolute Gasteiger partial charge is 0.485 e. The van der Waals surface area contributed by atoms with Crippen LogP contribution >= 0.6 is 0 Å². The average Bonchev–Trinajstić information content (AvgIpc) is 2.94. The Kier molecular flexibility index (Phi) is 12.6.